The molecule has 3 nitrogen and oxygen atoms in total. The molecule has 122 valence electrons. The Balaban J connectivity index is 1.78. The van der Waals surface area contributed by atoms with Gasteiger partial charge in [-0.25, -0.2) is 0 Å². The Kier molecular flexibility index (Phi) is 3.95. The highest BCUT2D eigenvalue weighted by molar-refractivity contribution is 5.92. The Morgan fingerprint density at radius 2 is 1.33 bits per heavy atom. The summed E-state index contributed by atoms with van der Waals surface area (Å²) in [4.78, 5) is 17.7. The predicted octanol–water partition coefficient (Wildman–Crippen LogP) is 3.08. The Morgan fingerprint density at radius 3 is 1.88 bits per heavy atom. The maximum atomic E-state index is 13.4. The maximum absolute atomic E-state index is 13.4. The summed E-state index contributed by atoms with van der Waals surface area (Å²) in [7, 11) is 2.11. The molecular formula is C21H22N2O. The standard InChI is InChI=1S/C21H22N2O/c1-22-12-14-23(15-13-22)21(24)20-18-8-4-2-6-16(18)10-11-17-7-3-5-9-19(17)20/h2-11,20H,12-15H2,1H3. The second kappa shape index (κ2) is 6.25. The van der Waals surface area contributed by atoms with Crippen LogP contribution >= 0.6 is 0 Å². The van der Waals surface area contributed by atoms with E-state index >= 15 is 0 Å². The molecule has 0 unspecified atom stereocenters. The van der Waals surface area contributed by atoms with Gasteiger partial charge >= 0.3 is 0 Å². The van der Waals surface area contributed by atoms with Crippen LogP contribution in [-0.4, -0.2) is 48.9 Å². The molecule has 3 heteroatoms. The van der Waals surface area contributed by atoms with Gasteiger partial charge in [0, 0.05) is 26.2 Å². The van der Waals surface area contributed by atoms with Crippen LogP contribution in [0.5, 0.6) is 0 Å². The van der Waals surface area contributed by atoms with Gasteiger partial charge in [0.15, 0.2) is 0 Å². The Bertz CT molecular complexity index is 738. The number of amides is 1. The minimum atomic E-state index is -0.212. The van der Waals surface area contributed by atoms with Crippen molar-refractivity contribution in [3.8, 4) is 0 Å². The molecular weight excluding hydrogens is 296 g/mol. The first kappa shape index (κ1) is 15.2. The molecule has 1 amide bonds. The first-order valence-corrected chi connectivity index (χ1v) is 8.57. The van der Waals surface area contributed by atoms with Gasteiger partial charge in [0.2, 0.25) is 5.91 Å². The summed E-state index contributed by atoms with van der Waals surface area (Å²) in [6.45, 7) is 3.51. The van der Waals surface area contributed by atoms with E-state index in [1.165, 1.54) is 0 Å². The van der Waals surface area contributed by atoms with Crippen LogP contribution in [0.2, 0.25) is 0 Å². The van der Waals surface area contributed by atoms with E-state index in [4.69, 9.17) is 0 Å². The van der Waals surface area contributed by atoms with Crippen molar-refractivity contribution in [2.75, 3.05) is 33.2 Å². The molecule has 2 aromatic carbocycles. The van der Waals surface area contributed by atoms with Gasteiger partial charge < -0.3 is 9.80 Å². The summed E-state index contributed by atoms with van der Waals surface area (Å²) < 4.78 is 0. The van der Waals surface area contributed by atoms with Crippen molar-refractivity contribution in [3.63, 3.8) is 0 Å². The van der Waals surface area contributed by atoms with Gasteiger partial charge in [-0.2, -0.15) is 0 Å². The number of carbonyl (C=O) groups excluding carboxylic acids is 1. The van der Waals surface area contributed by atoms with E-state index in [1.807, 2.05) is 29.2 Å². The topological polar surface area (TPSA) is 23.6 Å². The van der Waals surface area contributed by atoms with E-state index in [0.29, 0.717) is 0 Å². The minimum absolute atomic E-state index is 0.212. The van der Waals surface area contributed by atoms with Crippen LogP contribution in [0.4, 0.5) is 0 Å². The fourth-order valence-electron chi connectivity index (χ4n) is 3.67. The zero-order valence-corrected chi connectivity index (χ0v) is 14.0. The first-order chi connectivity index (χ1) is 11.7. The first-order valence-electron chi connectivity index (χ1n) is 8.57. The smallest absolute Gasteiger partial charge is 0.234 e. The predicted molar refractivity (Wildman–Crippen MR) is 97.7 cm³/mol. The summed E-state index contributed by atoms with van der Waals surface area (Å²) in [5, 5.41) is 0. The second-order valence-electron chi connectivity index (χ2n) is 6.65. The highest BCUT2D eigenvalue weighted by atomic mass is 16.2. The molecule has 0 radical (unpaired) electrons. The Morgan fingerprint density at radius 1 is 0.833 bits per heavy atom. The summed E-state index contributed by atoms with van der Waals surface area (Å²) in [6.07, 6.45) is 4.26. The van der Waals surface area contributed by atoms with Gasteiger partial charge in [-0.1, -0.05) is 60.7 Å². The van der Waals surface area contributed by atoms with E-state index in [9.17, 15) is 4.79 Å². The third kappa shape index (κ3) is 2.65. The molecule has 0 atom stereocenters. The molecule has 4 rings (SSSR count). The number of likely N-dealkylation sites (N-methyl/N-ethyl adjacent to an activating group) is 1. The third-order valence-corrected chi connectivity index (χ3v) is 5.12. The number of nitrogens with zero attached hydrogens (tertiary/aromatic N) is 2. The lowest BCUT2D eigenvalue weighted by Gasteiger charge is -2.35. The molecule has 1 aliphatic carbocycles. The summed E-state index contributed by atoms with van der Waals surface area (Å²) in [5.74, 6) is 0.0162. The van der Waals surface area contributed by atoms with E-state index in [1.54, 1.807) is 0 Å². The average Bonchev–Trinajstić information content (AvgIpc) is 2.79. The minimum Gasteiger partial charge on any atom is -0.339 e. The summed E-state index contributed by atoms with van der Waals surface area (Å²) >= 11 is 0. The number of benzene rings is 2. The number of piperazine rings is 1. The lowest BCUT2D eigenvalue weighted by molar-refractivity contribution is -0.133. The van der Waals surface area contributed by atoms with Gasteiger partial charge in [0.05, 0.1) is 5.92 Å². The zero-order chi connectivity index (χ0) is 16.5. The molecule has 0 aromatic heterocycles. The van der Waals surface area contributed by atoms with Crippen LogP contribution in [0.1, 0.15) is 28.2 Å². The second-order valence-corrected chi connectivity index (χ2v) is 6.65. The number of hydrogen-bond donors (Lipinski definition) is 0. The van der Waals surface area contributed by atoms with Crippen LogP contribution in [0.3, 0.4) is 0 Å². The van der Waals surface area contributed by atoms with Crippen LogP contribution in [0.15, 0.2) is 48.5 Å². The monoisotopic (exact) mass is 318 g/mol. The highest BCUT2D eigenvalue weighted by Gasteiger charge is 2.32. The number of carbonyl (C=O) groups is 1. The maximum Gasteiger partial charge on any atom is 0.234 e. The molecule has 1 heterocycles. The van der Waals surface area contributed by atoms with Gasteiger partial charge in [-0.15, -0.1) is 0 Å². The molecule has 1 aliphatic heterocycles. The molecule has 0 bridgehead atoms. The quantitative estimate of drug-likeness (QED) is 0.807. The van der Waals surface area contributed by atoms with Crippen molar-refractivity contribution < 1.29 is 4.79 Å². The van der Waals surface area contributed by atoms with Gasteiger partial charge in [-0.3, -0.25) is 4.79 Å². The number of fused-ring (bicyclic) bond motifs is 2. The molecule has 2 aromatic rings. The van der Waals surface area contributed by atoms with Crippen LogP contribution in [-0.2, 0) is 4.79 Å². The van der Waals surface area contributed by atoms with E-state index < -0.39 is 0 Å². The molecule has 1 saturated heterocycles. The average molecular weight is 318 g/mol. The van der Waals surface area contributed by atoms with Gasteiger partial charge in [0.25, 0.3) is 0 Å². The van der Waals surface area contributed by atoms with Crippen molar-refractivity contribution in [1.29, 1.82) is 0 Å². The Labute approximate surface area is 143 Å². The lowest BCUT2D eigenvalue weighted by atomic mass is 9.86. The molecule has 0 saturated carbocycles. The number of hydrogen-bond acceptors (Lipinski definition) is 2. The molecule has 0 N–H and O–H groups in total. The normalized spacial score (nSPS) is 18.0. The number of rotatable bonds is 1. The molecule has 1 fully saturated rings. The van der Waals surface area contributed by atoms with Gasteiger partial charge in [0.1, 0.15) is 0 Å². The van der Waals surface area contributed by atoms with Crippen molar-refractivity contribution in [2.24, 2.45) is 0 Å². The van der Waals surface area contributed by atoms with Gasteiger partial charge in [-0.05, 0) is 29.3 Å². The van der Waals surface area contributed by atoms with E-state index in [2.05, 4.69) is 48.4 Å². The SMILES string of the molecule is CN1CCN(C(=O)C2c3ccccc3C=Cc3ccccc32)CC1. The fraction of sp³-hybridized carbons (Fsp3) is 0.286. The van der Waals surface area contributed by atoms with Crippen molar-refractivity contribution in [1.82, 2.24) is 9.80 Å². The lowest BCUT2D eigenvalue weighted by Crippen LogP contribution is -2.48. The largest absolute Gasteiger partial charge is 0.339 e. The van der Waals surface area contributed by atoms with E-state index in [-0.39, 0.29) is 11.8 Å². The molecule has 0 spiro atoms. The van der Waals surface area contributed by atoms with E-state index in [0.717, 1.165) is 48.4 Å². The van der Waals surface area contributed by atoms with Crippen molar-refractivity contribution >= 4 is 18.1 Å². The fourth-order valence-corrected chi connectivity index (χ4v) is 3.67. The van der Waals surface area contributed by atoms with Crippen molar-refractivity contribution in [3.05, 3.63) is 70.8 Å². The Hall–Kier alpha value is -2.39. The van der Waals surface area contributed by atoms with Crippen molar-refractivity contribution in [2.45, 2.75) is 5.92 Å². The zero-order valence-electron chi connectivity index (χ0n) is 14.0. The molecule has 24 heavy (non-hydrogen) atoms. The highest BCUT2D eigenvalue weighted by Crippen LogP contribution is 2.35. The molecule has 2 aliphatic rings. The van der Waals surface area contributed by atoms with Crippen LogP contribution in [0, 0.1) is 0 Å². The van der Waals surface area contributed by atoms with Crippen LogP contribution in [0.25, 0.3) is 12.2 Å². The summed E-state index contributed by atoms with van der Waals surface area (Å²) in [5.41, 5.74) is 4.51. The van der Waals surface area contributed by atoms with Crippen LogP contribution < -0.4 is 0 Å². The summed E-state index contributed by atoms with van der Waals surface area (Å²) in [6, 6.07) is 16.5. The third-order valence-electron chi connectivity index (χ3n) is 5.12.